The zero-order valence-electron chi connectivity index (χ0n) is 12.0. The van der Waals surface area contributed by atoms with Crippen LogP contribution in [0.15, 0.2) is 42.7 Å². The second-order valence-electron chi connectivity index (χ2n) is 5.32. The molecule has 1 fully saturated rings. The Labute approximate surface area is 124 Å². The van der Waals surface area contributed by atoms with Gasteiger partial charge in [0.05, 0.1) is 7.11 Å². The van der Waals surface area contributed by atoms with Gasteiger partial charge in [-0.1, -0.05) is 12.1 Å². The average molecular weight is 282 g/mol. The van der Waals surface area contributed by atoms with Gasteiger partial charge in [-0.3, -0.25) is 9.78 Å². The van der Waals surface area contributed by atoms with E-state index in [2.05, 4.69) is 16.4 Å². The number of benzene rings is 1. The smallest absolute Gasteiger partial charge is 0.251 e. The Morgan fingerprint density at radius 1 is 1.33 bits per heavy atom. The van der Waals surface area contributed by atoms with Crippen LogP contribution >= 0.6 is 0 Å². The Morgan fingerprint density at radius 2 is 2.19 bits per heavy atom. The minimum absolute atomic E-state index is 0.106. The molecule has 1 aromatic carbocycles. The lowest BCUT2D eigenvalue weighted by Crippen LogP contribution is -2.22. The summed E-state index contributed by atoms with van der Waals surface area (Å²) in [6.07, 6.45) is 6.23. The minimum atomic E-state index is -0.106. The molecule has 1 saturated carbocycles. The van der Waals surface area contributed by atoms with Crippen molar-refractivity contribution >= 4 is 5.91 Å². The van der Waals surface area contributed by atoms with Gasteiger partial charge in [0.15, 0.2) is 0 Å². The first-order chi connectivity index (χ1) is 10.3. The molecule has 1 aliphatic rings. The number of rotatable bonds is 5. The predicted molar refractivity (Wildman–Crippen MR) is 80.4 cm³/mol. The monoisotopic (exact) mass is 282 g/mol. The fourth-order valence-electron chi connectivity index (χ4n) is 2.29. The number of aromatic nitrogens is 1. The molecule has 1 heterocycles. The summed E-state index contributed by atoms with van der Waals surface area (Å²) in [5, 5.41) is 2.92. The van der Waals surface area contributed by atoms with Crippen LogP contribution in [0, 0.1) is 0 Å². The summed E-state index contributed by atoms with van der Waals surface area (Å²) >= 11 is 0. The van der Waals surface area contributed by atoms with Crippen LogP contribution in [-0.4, -0.2) is 18.0 Å². The van der Waals surface area contributed by atoms with Crippen LogP contribution in [0.5, 0.6) is 5.75 Å². The lowest BCUT2D eigenvalue weighted by molar-refractivity contribution is 0.0950. The van der Waals surface area contributed by atoms with E-state index >= 15 is 0 Å². The lowest BCUT2D eigenvalue weighted by atomic mass is 10.1. The first-order valence-corrected chi connectivity index (χ1v) is 7.12. The van der Waals surface area contributed by atoms with Crippen LogP contribution in [0.4, 0.5) is 0 Å². The molecule has 0 radical (unpaired) electrons. The van der Waals surface area contributed by atoms with Crippen molar-refractivity contribution in [3.63, 3.8) is 0 Å². The first-order valence-electron chi connectivity index (χ1n) is 7.12. The summed E-state index contributed by atoms with van der Waals surface area (Å²) in [4.78, 5) is 16.4. The molecule has 2 aromatic rings. The van der Waals surface area contributed by atoms with Gasteiger partial charge in [0, 0.05) is 24.5 Å². The zero-order chi connectivity index (χ0) is 14.7. The highest BCUT2D eigenvalue weighted by molar-refractivity contribution is 5.94. The minimum Gasteiger partial charge on any atom is -0.497 e. The summed E-state index contributed by atoms with van der Waals surface area (Å²) < 4.78 is 5.13. The van der Waals surface area contributed by atoms with E-state index in [1.165, 1.54) is 18.4 Å². The number of hydrogen-bond donors (Lipinski definition) is 1. The van der Waals surface area contributed by atoms with E-state index in [0.29, 0.717) is 23.8 Å². The second-order valence-corrected chi connectivity index (χ2v) is 5.32. The third kappa shape index (κ3) is 3.40. The van der Waals surface area contributed by atoms with Crippen molar-refractivity contribution in [3.05, 3.63) is 59.4 Å². The first kappa shape index (κ1) is 13.6. The molecule has 3 rings (SSSR count). The Balaban J connectivity index is 1.63. The van der Waals surface area contributed by atoms with Crippen LogP contribution in [0.25, 0.3) is 0 Å². The van der Waals surface area contributed by atoms with Crippen molar-refractivity contribution in [2.75, 3.05) is 7.11 Å². The lowest BCUT2D eigenvalue weighted by Gasteiger charge is -2.07. The van der Waals surface area contributed by atoms with Crippen LogP contribution in [-0.2, 0) is 6.54 Å². The fourth-order valence-corrected chi connectivity index (χ4v) is 2.29. The molecular formula is C17H18N2O2. The maximum atomic E-state index is 12.1. The summed E-state index contributed by atoms with van der Waals surface area (Å²) in [5.41, 5.74) is 2.92. The number of ether oxygens (including phenoxy) is 1. The Bertz CT molecular complexity index is 651. The SMILES string of the molecule is COc1cccc(C(=O)NCc2cncc(C3CC3)c2)c1. The molecule has 0 aliphatic heterocycles. The van der Waals surface area contributed by atoms with Gasteiger partial charge in [-0.15, -0.1) is 0 Å². The Hall–Kier alpha value is -2.36. The number of nitrogens with one attached hydrogen (secondary N) is 1. The number of amides is 1. The number of carbonyl (C=O) groups excluding carboxylic acids is 1. The molecule has 0 atom stereocenters. The van der Waals surface area contributed by atoms with E-state index in [1.54, 1.807) is 25.4 Å². The molecule has 1 aliphatic carbocycles. The van der Waals surface area contributed by atoms with Gasteiger partial charge in [-0.2, -0.15) is 0 Å². The van der Waals surface area contributed by atoms with Crippen molar-refractivity contribution in [2.45, 2.75) is 25.3 Å². The molecule has 0 bridgehead atoms. The van der Waals surface area contributed by atoms with Gasteiger partial charge in [0.1, 0.15) is 5.75 Å². The van der Waals surface area contributed by atoms with Crippen molar-refractivity contribution in [1.29, 1.82) is 0 Å². The number of pyridine rings is 1. The van der Waals surface area contributed by atoms with Crippen LogP contribution in [0.3, 0.4) is 0 Å². The molecule has 0 saturated heterocycles. The van der Waals surface area contributed by atoms with Gasteiger partial charge in [-0.05, 0) is 48.1 Å². The van der Waals surface area contributed by atoms with Gasteiger partial charge in [0.2, 0.25) is 0 Å². The largest absolute Gasteiger partial charge is 0.497 e. The van der Waals surface area contributed by atoms with Crippen molar-refractivity contribution in [3.8, 4) is 5.75 Å². The third-order valence-corrected chi connectivity index (χ3v) is 3.65. The Kier molecular flexibility index (Phi) is 3.86. The summed E-state index contributed by atoms with van der Waals surface area (Å²) in [7, 11) is 1.59. The molecule has 1 amide bonds. The number of carbonyl (C=O) groups is 1. The normalized spacial score (nSPS) is 13.8. The average Bonchev–Trinajstić information content (AvgIpc) is 3.38. The highest BCUT2D eigenvalue weighted by Gasteiger charge is 2.23. The summed E-state index contributed by atoms with van der Waals surface area (Å²) in [6, 6.07) is 9.27. The summed E-state index contributed by atoms with van der Waals surface area (Å²) in [5.74, 6) is 1.25. The van der Waals surface area contributed by atoms with E-state index in [-0.39, 0.29) is 5.91 Å². The predicted octanol–water partition coefficient (Wildman–Crippen LogP) is 2.90. The van der Waals surface area contributed by atoms with Gasteiger partial charge in [0.25, 0.3) is 5.91 Å². The molecular weight excluding hydrogens is 264 g/mol. The van der Waals surface area contributed by atoms with Gasteiger partial charge in [-0.25, -0.2) is 0 Å². The van der Waals surface area contributed by atoms with Gasteiger partial charge < -0.3 is 10.1 Å². The molecule has 4 heteroatoms. The van der Waals surface area contributed by atoms with Gasteiger partial charge >= 0.3 is 0 Å². The van der Waals surface area contributed by atoms with E-state index in [1.807, 2.05) is 18.3 Å². The molecule has 0 spiro atoms. The van der Waals surface area contributed by atoms with E-state index in [4.69, 9.17) is 4.74 Å². The zero-order valence-corrected chi connectivity index (χ0v) is 12.0. The van der Waals surface area contributed by atoms with Crippen molar-refractivity contribution in [1.82, 2.24) is 10.3 Å². The highest BCUT2D eigenvalue weighted by Crippen LogP contribution is 2.39. The standard InChI is InChI=1S/C17H18N2O2/c1-21-16-4-2-3-14(8-16)17(20)19-10-12-7-15(11-18-9-12)13-5-6-13/h2-4,7-9,11,13H,5-6,10H2,1H3,(H,19,20). The number of nitrogens with zero attached hydrogens (tertiary/aromatic N) is 1. The molecule has 0 unspecified atom stereocenters. The van der Waals surface area contributed by atoms with Crippen molar-refractivity contribution in [2.24, 2.45) is 0 Å². The molecule has 108 valence electrons. The van der Waals surface area contributed by atoms with E-state index in [9.17, 15) is 4.79 Å². The van der Waals surface area contributed by atoms with Crippen molar-refractivity contribution < 1.29 is 9.53 Å². The Morgan fingerprint density at radius 3 is 2.95 bits per heavy atom. The quantitative estimate of drug-likeness (QED) is 0.917. The second kappa shape index (κ2) is 5.95. The topological polar surface area (TPSA) is 51.2 Å². The van der Waals surface area contributed by atoms with Crippen LogP contribution in [0.1, 0.15) is 40.2 Å². The number of methoxy groups -OCH3 is 1. The number of hydrogen-bond acceptors (Lipinski definition) is 3. The maximum absolute atomic E-state index is 12.1. The molecule has 1 aromatic heterocycles. The molecule has 21 heavy (non-hydrogen) atoms. The van der Waals surface area contributed by atoms with E-state index < -0.39 is 0 Å². The molecule has 1 N–H and O–H groups in total. The van der Waals surface area contributed by atoms with Crippen LogP contribution in [0.2, 0.25) is 0 Å². The fraction of sp³-hybridized carbons (Fsp3) is 0.294. The summed E-state index contributed by atoms with van der Waals surface area (Å²) in [6.45, 7) is 0.490. The highest BCUT2D eigenvalue weighted by atomic mass is 16.5. The van der Waals surface area contributed by atoms with E-state index in [0.717, 1.165) is 5.56 Å². The molecule has 4 nitrogen and oxygen atoms in total. The third-order valence-electron chi connectivity index (χ3n) is 3.65. The maximum Gasteiger partial charge on any atom is 0.251 e. The van der Waals surface area contributed by atoms with Crippen LogP contribution < -0.4 is 10.1 Å².